The van der Waals surface area contributed by atoms with E-state index in [9.17, 15) is 4.79 Å². The van der Waals surface area contributed by atoms with Crippen LogP contribution in [0.5, 0.6) is 0 Å². The van der Waals surface area contributed by atoms with Gasteiger partial charge in [0.25, 0.3) is 0 Å². The van der Waals surface area contributed by atoms with Crippen molar-refractivity contribution < 1.29 is 19.0 Å². The monoisotopic (exact) mass is 186 g/mol. The van der Waals surface area contributed by atoms with Crippen LogP contribution in [0.2, 0.25) is 0 Å². The molecule has 1 heterocycles. The molecular formula is C9H14O4. The van der Waals surface area contributed by atoms with Crippen LogP contribution >= 0.6 is 0 Å². The number of rotatable bonds is 3. The van der Waals surface area contributed by atoms with Crippen molar-refractivity contribution in [3.8, 4) is 0 Å². The largest absolute Gasteiger partial charge is 0.505 e. The third kappa shape index (κ3) is 2.73. The van der Waals surface area contributed by atoms with Gasteiger partial charge < -0.3 is 14.2 Å². The van der Waals surface area contributed by atoms with E-state index in [1.165, 1.54) is 6.26 Å². The Labute approximate surface area is 77.5 Å². The maximum atomic E-state index is 11.2. The Morgan fingerprint density at radius 1 is 1.62 bits per heavy atom. The van der Waals surface area contributed by atoms with Crippen LogP contribution in [0, 0.1) is 0 Å². The summed E-state index contributed by atoms with van der Waals surface area (Å²) < 4.78 is 15.0. The summed E-state index contributed by atoms with van der Waals surface area (Å²) in [5, 5.41) is 0. The molecular weight excluding hydrogens is 172 g/mol. The van der Waals surface area contributed by atoms with Gasteiger partial charge in [-0.05, 0) is 6.08 Å². The fourth-order valence-corrected chi connectivity index (χ4v) is 1.14. The molecule has 1 saturated heterocycles. The van der Waals surface area contributed by atoms with Gasteiger partial charge in [-0.25, -0.2) is 4.79 Å². The Morgan fingerprint density at radius 2 is 2.31 bits per heavy atom. The first kappa shape index (κ1) is 10.1. The highest BCUT2D eigenvalue weighted by molar-refractivity contribution is 5.76. The number of carbonyl (C=O) groups is 1. The zero-order valence-corrected chi connectivity index (χ0v) is 8.07. The van der Waals surface area contributed by atoms with E-state index < -0.39 is 11.9 Å². The molecule has 0 aromatic rings. The second-order valence-corrected chi connectivity index (χ2v) is 3.27. The fourth-order valence-electron chi connectivity index (χ4n) is 1.14. The fraction of sp³-hybridized carbons (Fsp3) is 0.667. The lowest BCUT2D eigenvalue weighted by Crippen LogP contribution is -2.21. The summed E-state index contributed by atoms with van der Waals surface area (Å²) in [6.45, 7) is 3.43. The van der Waals surface area contributed by atoms with E-state index in [2.05, 4.69) is 0 Å². The molecule has 1 aliphatic rings. The molecule has 13 heavy (non-hydrogen) atoms. The first-order valence-corrected chi connectivity index (χ1v) is 4.13. The first-order valence-electron chi connectivity index (χ1n) is 4.13. The minimum absolute atomic E-state index is 0.314. The van der Waals surface area contributed by atoms with Gasteiger partial charge >= 0.3 is 5.97 Å². The summed E-state index contributed by atoms with van der Waals surface area (Å²) in [5.74, 6) is -1.10. The smallest absolute Gasteiger partial charge is 0.338 e. The van der Waals surface area contributed by atoms with Crippen LogP contribution in [0.3, 0.4) is 0 Å². The Kier molecular flexibility index (Phi) is 2.93. The van der Waals surface area contributed by atoms with E-state index in [4.69, 9.17) is 14.2 Å². The topological polar surface area (TPSA) is 44.8 Å². The third-order valence-electron chi connectivity index (χ3n) is 1.62. The highest BCUT2D eigenvalue weighted by atomic mass is 16.8. The average molecular weight is 186 g/mol. The van der Waals surface area contributed by atoms with Gasteiger partial charge in [-0.2, -0.15) is 0 Å². The lowest BCUT2D eigenvalue weighted by atomic mass is 10.2. The molecule has 0 radical (unpaired) electrons. The maximum absolute atomic E-state index is 11.2. The van der Waals surface area contributed by atoms with Gasteiger partial charge in [-0.15, -0.1) is 0 Å². The van der Waals surface area contributed by atoms with Crippen molar-refractivity contribution in [1.29, 1.82) is 0 Å². The van der Waals surface area contributed by atoms with Crippen molar-refractivity contribution in [3.63, 3.8) is 0 Å². The summed E-state index contributed by atoms with van der Waals surface area (Å²) in [6.07, 6.45) is 3.23. The van der Waals surface area contributed by atoms with Crippen LogP contribution in [0.25, 0.3) is 0 Å². The molecule has 0 saturated carbocycles. The van der Waals surface area contributed by atoms with E-state index in [0.29, 0.717) is 6.42 Å². The Bertz CT molecular complexity index is 220. The van der Waals surface area contributed by atoms with Gasteiger partial charge in [0.1, 0.15) is 0 Å². The van der Waals surface area contributed by atoms with Gasteiger partial charge in [-0.1, -0.05) is 0 Å². The summed E-state index contributed by atoms with van der Waals surface area (Å²) in [6, 6.07) is 0. The lowest BCUT2D eigenvalue weighted by molar-refractivity contribution is -0.160. The van der Waals surface area contributed by atoms with Crippen LogP contribution in [-0.2, 0) is 19.0 Å². The molecule has 0 aromatic heterocycles. The predicted octanol–water partition coefficient (Wildman–Crippen LogP) is 1.21. The van der Waals surface area contributed by atoms with Crippen LogP contribution in [0.1, 0.15) is 20.3 Å². The van der Waals surface area contributed by atoms with Crippen LogP contribution in [-0.4, -0.2) is 25.0 Å². The molecule has 0 aliphatic carbocycles. The van der Waals surface area contributed by atoms with E-state index in [-0.39, 0.29) is 5.97 Å². The van der Waals surface area contributed by atoms with Gasteiger partial charge in [-0.3, -0.25) is 0 Å². The molecule has 4 nitrogen and oxygen atoms in total. The first-order chi connectivity index (χ1) is 6.05. The number of hydrogen-bond donors (Lipinski definition) is 0. The quantitative estimate of drug-likeness (QED) is 0.491. The minimum Gasteiger partial charge on any atom is -0.505 e. The van der Waals surface area contributed by atoms with Gasteiger partial charge in [0.05, 0.1) is 13.4 Å². The van der Waals surface area contributed by atoms with Crippen molar-refractivity contribution in [2.75, 3.05) is 7.11 Å². The van der Waals surface area contributed by atoms with Crippen molar-refractivity contribution in [1.82, 2.24) is 0 Å². The molecule has 1 unspecified atom stereocenters. The van der Waals surface area contributed by atoms with Crippen LogP contribution in [0.4, 0.5) is 0 Å². The summed E-state index contributed by atoms with van der Waals surface area (Å²) in [4.78, 5) is 11.2. The highest BCUT2D eigenvalue weighted by Crippen LogP contribution is 2.25. The lowest BCUT2D eigenvalue weighted by Gasteiger charge is -2.14. The van der Waals surface area contributed by atoms with Crippen molar-refractivity contribution in [2.45, 2.75) is 32.2 Å². The molecule has 1 fully saturated rings. The van der Waals surface area contributed by atoms with E-state index in [1.54, 1.807) is 27.0 Å². The average Bonchev–Trinajstić information content (AvgIpc) is 2.25. The number of esters is 1. The zero-order valence-electron chi connectivity index (χ0n) is 8.07. The van der Waals surface area contributed by atoms with Crippen molar-refractivity contribution in [2.24, 2.45) is 0 Å². The van der Waals surface area contributed by atoms with E-state index >= 15 is 0 Å². The van der Waals surface area contributed by atoms with Gasteiger partial charge in [0.2, 0.25) is 5.79 Å². The Morgan fingerprint density at radius 3 is 2.77 bits per heavy atom. The standard InChI is InChI=1S/C9H14O4/c1-9(2)12-7(8(10)13-9)5-4-6-11-3/h4,6-7H,5H2,1-3H3. The number of methoxy groups -OCH3 is 1. The van der Waals surface area contributed by atoms with Gasteiger partial charge in [0, 0.05) is 20.3 Å². The molecule has 0 spiro atoms. The molecule has 1 atom stereocenters. The number of hydrogen-bond acceptors (Lipinski definition) is 4. The SMILES string of the molecule is COC=CCC1OC(C)(C)OC1=O. The molecule has 4 heteroatoms. The van der Waals surface area contributed by atoms with Crippen molar-refractivity contribution in [3.05, 3.63) is 12.3 Å². The normalized spacial score (nSPS) is 26.4. The van der Waals surface area contributed by atoms with E-state index in [0.717, 1.165) is 0 Å². The summed E-state index contributed by atoms with van der Waals surface area (Å²) >= 11 is 0. The number of cyclic esters (lactones) is 1. The van der Waals surface area contributed by atoms with Crippen LogP contribution < -0.4 is 0 Å². The Hall–Kier alpha value is -1.03. The number of ether oxygens (including phenoxy) is 3. The highest BCUT2D eigenvalue weighted by Gasteiger charge is 2.40. The zero-order chi connectivity index (χ0) is 9.90. The Balaban J connectivity index is 2.44. The molecule has 1 aliphatic heterocycles. The third-order valence-corrected chi connectivity index (χ3v) is 1.62. The molecule has 0 bridgehead atoms. The van der Waals surface area contributed by atoms with Gasteiger partial charge in [0.15, 0.2) is 6.10 Å². The minimum atomic E-state index is -0.789. The second kappa shape index (κ2) is 3.79. The summed E-state index contributed by atoms with van der Waals surface area (Å²) in [5.41, 5.74) is 0. The van der Waals surface area contributed by atoms with Crippen molar-refractivity contribution >= 4 is 5.97 Å². The second-order valence-electron chi connectivity index (χ2n) is 3.27. The summed E-state index contributed by atoms with van der Waals surface area (Å²) in [7, 11) is 1.55. The number of carbonyl (C=O) groups excluding carboxylic acids is 1. The predicted molar refractivity (Wildman–Crippen MR) is 45.8 cm³/mol. The molecule has 1 rings (SSSR count). The van der Waals surface area contributed by atoms with Crippen LogP contribution in [0.15, 0.2) is 12.3 Å². The maximum Gasteiger partial charge on any atom is 0.338 e. The molecule has 0 N–H and O–H groups in total. The molecule has 0 aromatic carbocycles. The molecule has 74 valence electrons. The molecule has 0 amide bonds. The van der Waals surface area contributed by atoms with E-state index in [1.807, 2.05) is 0 Å².